The maximum absolute atomic E-state index is 8.09. The molecule has 0 atom stereocenters. The molecule has 0 bridgehead atoms. The number of nitrogens with one attached hydrogen (secondary N) is 4. The summed E-state index contributed by atoms with van der Waals surface area (Å²) in [5, 5.41) is 22.4. The van der Waals surface area contributed by atoms with Crippen LogP contribution in [0.25, 0.3) is 0 Å². The van der Waals surface area contributed by atoms with Gasteiger partial charge in [0.2, 0.25) is 0 Å². The zero-order valence-corrected chi connectivity index (χ0v) is 21.2. The third kappa shape index (κ3) is 8.18. The Morgan fingerprint density at radius 2 is 1.03 bits per heavy atom. The molecule has 0 aliphatic heterocycles. The van der Waals surface area contributed by atoms with Crippen molar-refractivity contribution in [3.05, 3.63) is 94.5 Å². The van der Waals surface area contributed by atoms with Crippen LogP contribution >= 0.6 is 0 Å². The minimum absolute atomic E-state index is 0.221. The van der Waals surface area contributed by atoms with Crippen LogP contribution in [-0.4, -0.2) is 23.8 Å². The van der Waals surface area contributed by atoms with E-state index in [0.717, 1.165) is 39.3 Å². The number of aryl methyl sites for hydroxylation is 1. The summed E-state index contributed by atoms with van der Waals surface area (Å²) < 4.78 is 12.0. The predicted octanol–water partition coefficient (Wildman–Crippen LogP) is 5.80. The lowest BCUT2D eigenvalue weighted by atomic mass is 10.1. The molecule has 0 aliphatic carbocycles. The van der Waals surface area contributed by atoms with Gasteiger partial charge in [-0.2, -0.15) is 0 Å². The summed E-state index contributed by atoms with van der Waals surface area (Å²) in [6.07, 6.45) is 0. The zero-order valence-electron chi connectivity index (χ0n) is 21.2. The molecule has 0 fully saturated rings. The Morgan fingerprint density at radius 3 is 1.37 bits per heavy atom. The second-order valence-electron chi connectivity index (χ2n) is 9.30. The van der Waals surface area contributed by atoms with Gasteiger partial charge in [-0.1, -0.05) is 17.7 Å². The van der Waals surface area contributed by atoms with Crippen LogP contribution in [0.4, 0.5) is 0 Å². The van der Waals surface area contributed by atoms with Crippen LogP contribution in [0.1, 0.15) is 55.5 Å². The van der Waals surface area contributed by atoms with Crippen LogP contribution in [0.15, 0.2) is 66.7 Å². The highest BCUT2D eigenvalue weighted by molar-refractivity contribution is 5.97. The van der Waals surface area contributed by atoms with E-state index >= 15 is 0 Å². The first kappa shape index (κ1) is 25.8. The molecule has 0 saturated heterocycles. The van der Waals surface area contributed by atoms with Crippen LogP contribution in [0.3, 0.4) is 0 Å². The molecule has 4 N–H and O–H groups in total. The van der Waals surface area contributed by atoms with Crippen molar-refractivity contribution in [2.75, 3.05) is 0 Å². The van der Waals surface area contributed by atoms with Gasteiger partial charge in [-0.05, 0) is 100 Å². The van der Waals surface area contributed by atoms with Gasteiger partial charge < -0.3 is 20.1 Å². The van der Waals surface area contributed by atoms with Crippen molar-refractivity contribution in [2.24, 2.45) is 0 Å². The number of hydrogen-bond donors (Lipinski definition) is 4. The van der Waals surface area contributed by atoms with Gasteiger partial charge in [-0.15, -0.1) is 0 Å². The summed E-state index contributed by atoms with van der Waals surface area (Å²) in [4.78, 5) is 0. The molecule has 0 radical (unpaired) electrons. The number of benzene rings is 3. The lowest BCUT2D eigenvalue weighted by Crippen LogP contribution is -2.30. The molecule has 184 valence electrons. The molecule has 0 unspecified atom stereocenters. The van der Waals surface area contributed by atoms with Crippen LogP contribution < -0.4 is 20.1 Å². The van der Waals surface area contributed by atoms with Crippen molar-refractivity contribution < 1.29 is 9.47 Å². The molecule has 3 rings (SSSR count). The summed E-state index contributed by atoms with van der Waals surface area (Å²) in [6, 6.07) is 21.9. The largest absolute Gasteiger partial charge is 0.489 e. The average Bonchev–Trinajstić information content (AvgIpc) is 2.81. The first-order valence-corrected chi connectivity index (χ1v) is 12.0. The molecular weight excluding hydrogens is 436 g/mol. The zero-order chi connectivity index (χ0) is 25.4. The molecule has 6 nitrogen and oxygen atoms in total. The van der Waals surface area contributed by atoms with E-state index in [4.69, 9.17) is 20.3 Å². The summed E-state index contributed by atoms with van der Waals surface area (Å²) in [5.74, 6) is 2.36. The third-order valence-electron chi connectivity index (χ3n) is 5.16. The van der Waals surface area contributed by atoms with E-state index in [1.165, 1.54) is 0 Å². The van der Waals surface area contributed by atoms with Gasteiger partial charge in [0.15, 0.2) is 0 Å². The first-order chi connectivity index (χ1) is 16.7. The van der Waals surface area contributed by atoms with Gasteiger partial charge in [-0.3, -0.25) is 10.8 Å². The molecular formula is C29H36N4O2. The molecule has 35 heavy (non-hydrogen) atoms. The van der Waals surface area contributed by atoms with Crippen LogP contribution in [0.2, 0.25) is 0 Å². The lowest BCUT2D eigenvalue weighted by molar-refractivity contribution is 0.299. The predicted molar refractivity (Wildman–Crippen MR) is 143 cm³/mol. The van der Waals surface area contributed by atoms with Crippen LogP contribution in [-0.2, 0) is 13.2 Å². The Bertz CT molecular complexity index is 1050. The quantitative estimate of drug-likeness (QED) is 0.222. The number of ether oxygens (including phenoxy) is 2. The van der Waals surface area contributed by atoms with E-state index in [-0.39, 0.29) is 12.1 Å². The van der Waals surface area contributed by atoms with E-state index < -0.39 is 0 Å². The van der Waals surface area contributed by atoms with Crippen LogP contribution in [0, 0.1) is 17.7 Å². The van der Waals surface area contributed by atoms with Gasteiger partial charge in [0.1, 0.15) is 36.4 Å². The Labute approximate surface area is 208 Å². The maximum Gasteiger partial charge on any atom is 0.125 e. The fourth-order valence-corrected chi connectivity index (χ4v) is 3.63. The fraction of sp³-hybridized carbons (Fsp3) is 0.310. The normalized spacial score (nSPS) is 10.8. The minimum Gasteiger partial charge on any atom is -0.489 e. The standard InChI is InChI=1S/C29H36N4O2/c1-19(2)32-28(30)24-6-10-26(11-7-24)34-17-22-14-21(5)15-23(16-22)18-35-27-12-8-25(9-13-27)29(31)33-20(3)4/h6-16,19-20H,17-18H2,1-5H3,(H2,30,32)(H2,31,33). The number of hydrogen-bond acceptors (Lipinski definition) is 4. The Morgan fingerprint density at radius 1 is 0.657 bits per heavy atom. The maximum atomic E-state index is 8.09. The highest BCUT2D eigenvalue weighted by Gasteiger charge is 2.06. The highest BCUT2D eigenvalue weighted by atomic mass is 16.5. The van der Waals surface area contributed by atoms with Crippen molar-refractivity contribution in [3.8, 4) is 11.5 Å². The summed E-state index contributed by atoms with van der Waals surface area (Å²) in [6.45, 7) is 11.0. The van der Waals surface area contributed by atoms with Crippen molar-refractivity contribution in [2.45, 2.75) is 59.9 Å². The van der Waals surface area contributed by atoms with Crippen molar-refractivity contribution >= 4 is 11.7 Å². The van der Waals surface area contributed by atoms with Crippen LogP contribution in [0.5, 0.6) is 11.5 Å². The monoisotopic (exact) mass is 472 g/mol. The molecule has 0 heterocycles. The molecule has 3 aromatic rings. The molecule has 0 aliphatic rings. The van der Waals surface area contributed by atoms with Crippen molar-refractivity contribution in [3.63, 3.8) is 0 Å². The highest BCUT2D eigenvalue weighted by Crippen LogP contribution is 2.19. The van der Waals surface area contributed by atoms with Gasteiger partial charge >= 0.3 is 0 Å². The topological polar surface area (TPSA) is 90.2 Å². The molecule has 0 aromatic heterocycles. The Kier molecular flexibility index (Phi) is 8.90. The summed E-state index contributed by atoms with van der Waals surface area (Å²) in [7, 11) is 0. The fourth-order valence-electron chi connectivity index (χ4n) is 3.63. The number of amidine groups is 2. The van der Waals surface area contributed by atoms with E-state index in [0.29, 0.717) is 24.9 Å². The second kappa shape index (κ2) is 12.1. The van der Waals surface area contributed by atoms with E-state index in [2.05, 4.69) is 35.8 Å². The third-order valence-corrected chi connectivity index (χ3v) is 5.16. The van der Waals surface area contributed by atoms with Gasteiger partial charge in [0.25, 0.3) is 0 Å². The Balaban J connectivity index is 1.56. The minimum atomic E-state index is 0.221. The van der Waals surface area contributed by atoms with Gasteiger partial charge in [0, 0.05) is 23.2 Å². The van der Waals surface area contributed by atoms with Crippen molar-refractivity contribution in [1.29, 1.82) is 10.8 Å². The number of rotatable bonds is 10. The first-order valence-electron chi connectivity index (χ1n) is 12.0. The van der Waals surface area contributed by atoms with E-state index in [1.807, 2.05) is 76.2 Å². The lowest BCUT2D eigenvalue weighted by Gasteiger charge is -2.13. The average molecular weight is 473 g/mol. The van der Waals surface area contributed by atoms with E-state index in [9.17, 15) is 0 Å². The molecule has 0 spiro atoms. The molecule has 3 aromatic carbocycles. The molecule has 0 saturated carbocycles. The second-order valence-corrected chi connectivity index (χ2v) is 9.30. The summed E-state index contributed by atoms with van der Waals surface area (Å²) in [5.41, 5.74) is 4.97. The smallest absolute Gasteiger partial charge is 0.125 e. The van der Waals surface area contributed by atoms with Gasteiger partial charge in [0.05, 0.1) is 0 Å². The molecule has 0 amide bonds. The Hall–Kier alpha value is -3.80. The summed E-state index contributed by atoms with van der Waals surface area (Å²) >= 11 is 0. The van der Waals surface area contributed by atoms with E-state index in [1.54, 1.807) is 0 Å². The molecule has 6 heteroatoms. The van der Waals surface area contributed by atoms with Gasteiger partial charge in [-0.25, -0.2) is 0 Å². The van der Waals surface area contributed by atoms with Crippen molar-refractivity contribution in [1.82, 2.24) is 10.6 Å². The SMILES string of the molecule is Cc1cc(COc2ccc(C(=N)NC(C)C)cc2)cc(COc2ccc(C(=N)NC(C)C)cc2)c1.